The molecule has 3 rings (SSSR count). The van der Waals surface area contributed by atoms with Crippen molar-refractivity contribution in [2.45, 2.75) is 19.8 Å². The van der Waals surface area contributed by atoms with E-state index in [1.165, 1.54) is 5.56 Å². The van der Waals surface area contributed by atoms with E-state index in [-0.39, 0.29) is 0 Å². The van der Waals surface area contributed by atoms with E-state index in [9.17, 15) is 0 Å². The largest absolute Gasteiger partial charge is 0.250 e. The fourth-order valence-electron chi connectivity index (χ4n) is 2.28. The first-order chi connectivity index (χ1) is 11.5. The summed E-state index contributed by atoms with van der Waals surface area (Å²) in [4.78, 5) is 0. The maximum absolute atomic E-state index is 5.94. The van der Waals surface area contributed by atoms with Gasteiger partial charge in [-0.25, -0.2) is 5.10 Å². The zero-order chi connectivity index (χ0) is 17.1. The highest BCUT2D eigenvalue weighted by Crippen LogP contribution is 2.20. The van der Waals surface area contributed by atoms with Gasteiger partial charge in [0.2, 0.25) is 4.77 Å². The third kappa shape index (κ3) is 3.63. The second-order valence-electron chi connectivity index (χ2n) is 5.74. The Kier molecular flexibility index (Phi) is 4.92. The van der Waals surface area contributed by atoms with Gasteiger partial charge in [0.15, 0.2) is 5.82 Å². The van der Waals surface area contributed by atoms with Crippen molar-refractivity contribution in [3.63, 3.8) is 0 Å². The third-order valence-corrected chi connectivity index (χ3v) is 4.19. The van der Waals surface area contributed by atoms with Gasteiger partial charge in [-0.15, -0.1) is 0 Å². The van der Waals surface area contributed by atoms with E-state index in [1.807, 2.05) is 36.4 Å². The molecule has 0 spiro atoms. The molecule has 1 N–H and O–H groups in total. The number of benzene rings is 2. The van der Waals surface area contributed by atoms with Crippen molar-refractivity contribution < 1.29 is 0 Å². The fraction of sp³-hybridized carbons (Fsp3) is 0.167. The Morgan fingerprint density at radius 1 is 1.12 bits per heavy atom. The van der Waals surface area contributed by atoms with Gasteiger partial charge < -0.3 is 0 Å². The predicted molar refractivity (Wildman–Crippen MR) is 101 cm³/mol. The number of rotatable bonds is 4. The van der Waals surface area contributed by atoms with Gasteiger partial charge in [0.1, 0.15) is 0 Å². The van der Waals surface area contributed by atoms with Crippen LogP contribution in [0.3, 0.4) is 0 Å². The van der Waals surface area contributed by atoms with Crippen LogP contribution in [-0.4, -0.2) is 21.1 Å². The van der Waals surface area contributed by atoms with E-state index in [2.05, 4.69) is 41.3 Å². The zero-order valence-corrected chi connectivity index (χ0v) is 15.0. The first-order valence-corrected chi connectivity index (χ1v) is 8.41. The predicted octanol–water partition coefficient (Wildman–Crippen LogP) is 5.27. The third-order valence-electron chi connectivity index (χ3n) is 3.68. The molecule has 122 valence electrons. The normalized spacial score (nSPS) is 11.5. The summed E-state index contributed by atoms with van der Waals surface area (Å²) in [6.45, 7) is 4.35. The van der Waals surface area contributed by atoms with Gasteiger partial charge in [0.25, 0.3) is 0 Å². The molecule has 0 atom stereocenters. The molecule has 0 aliphatic heterocycles. The lowest BCUT2D eigenvalue weighted by Gasteiger charge is -2.04. The SMILES string of the molecule is CC(C)c1ccc(/C=N/n2c(-c3ccc(Cl)cc3)n[nH]c2=S)cc1. The second-order valence-corrected chi connectivity index (χ2v) is 6.56. The quantitative estimate of drug-likeness (QED) is 0.511. The van der Waals surface area contributed by atoms with Gasteiger partial charge in [0.05, 0.1) is 6.21 Å². The van der Waals surface area contributed by atoms with Gasteiger partial charge in [0, 0.05) is 10.6 Å². The van der Waals surface area contributed by atoms with Crippen LogP contribution >= 0.6 is 23.8 Å². The van der Waals surface area contributed by atoms with Gasteiger partial charge in [-0.3, -0.25) is 0 Å². The number of H-pyrrole nitrogens is 1. The van der Waals surface area contributed by atoms with Gasteiger partial charge in [-0.05, 0) is 53.5 Å². The lowest BCUT2D eigenvalue weighted by Crippen LogP contribution is -1.95. The van der Waals surface area contributed by atoms with Crippen molar-refractivity contribution in [3.8, 4) is 11.4 Å². The topological polar surface area (TPSA) is 46.0 Å². The Hall–Kier alpha value is -2.24. The number of nitrogens with one attached hydrogen (secondary N) is 1. The smallest absolute Gasteiger partial charge is 0.216 e. The second kappa shape index (κ2) is 7.11. The molecule has 0 saturated heterocycles. The molecule has 0 saturated carbocycles. The number of hydrogen-bond acceptors (Lipinski definition) is 3. The first-order valence-electron chi connectivity index (χ1n) is 7.62. The molecular formula is C18H17ClN4S. The number of aromatic nitrogens is 3. The summed E-state index contributed by atoms with van der Waals surface area (Å²) in [6.07, 6.45) is 1.77. The average molecular weight is 357 g/mol. The molecule has 1 heterocycles. The zero-order valence-electron chi connectivity index (χ0n) is 13.4. The summed E-state index contributed by atoms with van der Waals surface area (Å²) in [5, 5.41) is 12.2. The minimum absolute atomic E-state index is 0.440. The molecule has 0 amide bonds. The van der Waals surface area contributed by atoms with Crippen molar-refractivity contribution in [1.29, 1.82) is 0 Å². The van der Waals surface area contributed by atoms with Crippen molar-refractivity contribution in [3.05, 3.63) is 69.5 Å². The van der Waals surface area contributed by atoms with Crippen LogP contribution in [-0.2, 0) is 0 Å². The van der Waals surface area contributed by atoms with E-state index in [4.69, 9.17) is 23.8 Å². The molecule has 3 aromatic rings. The lowest BCUT2D eigenvalue weighted by molar-refractivity contribution is 0.865. The van der Waals surface area contributed by atoms with Crippen molar-refractivity contribution in [2.24, 2.45) is 5.10 Å². The highest BCUT2D eigenvalue weighted by molar-refractivity contribution is 7.71. The highest BCUT2D eigenvalue weighted by Gasteiger charge is 2.07. The minimum Gasteiger partial charge on any atom is -0.250 e. The van der Waals surface area contributed by atoms with Crippen LogP contribution in [0.5, 0.6) is 0 Å². The summed E-state index contributed by atoms with van der Waals surface area (Å²) in [5.74, 6) is 1.15. The van der Waals surface area contributed by atoms with Crippen LogP contribution in [0.1, 0.15) is 30.9 Å². The maximum Gasteiger partial charge on any atom is 0.216 e. The molecular weight excluding hydrogens is 340 g/mol. The molecule has 2 aromatic carbocycles. The van der Waals surface area contributed by atoms with Crippen LogP contribution in [0.4, 0.5) is 0 Å². The minimum atomic E-state index is 0.440. The molecule has 0 unspecified atom stereocenters. The Balaban J connectivity index is 1.91. The monoisotopic (exact) mass is 356 g/mol. The van der Waals surface area contributed by atoms with E-state index in [0.717, 1.165) is 11.1 Å². The Morgan fingerprint density at radius 3 is 2.42 bits per heavy atom. The van der Waals surface area contributed by atoms with Crippen molar-refractivity contribution in [2.75, 3.05) is 0 Å². The molecule has 1 aromatic heterocycles. The Labute approximate surface area is 150 Å². The summed E-state index contributed by atoms with van der Waals surface area (Å²) in [6, 6.07) is 15.7. The molecule has 0 bridgehead atoms. The fourth-order valence-corrected chi connectivity index (χ4v) is 2.58. The van der Waals surface area contributed by atoms with Crippen molar-refractivity contribution >= 4 is 30.0 Å². The lowest BCUT2D eigenvalue weighted by atomic mass is 10.0. The number of hydrogen-bond donors (Lipinski definition) is 1. The molecule has 6 heteroatoms. The Morgan fingerprint density at radius 2 is 1.79 bits per heavy atom. The summed E-state index contributed by atoms with van der Waals surface area (Å²) in [7, 11) is 0. The highest BCUT2D eigenvalue weighted by atomic mass is 35.5. The molecule has 0 fully saturated rings. The van der Waals surface area contributed by atoms with Crippen LogP contribution in [0, 0.1) is 4.77 Å². The van der Waals surface area contributed by atoms with Gasteiger partial charge >= 0.3 is 0 Å². The molecule has 0 aliphatic rings. The number of nitrogens with zero attached hydrogens (tertiary/aromatic N) is 3. The standard InChI is InChI=1S/C18H17ClN4S/c1-12(2)14-5-3-13(4-6-14)11-20-23-17(21-22-18(23)24)15-7-9-16(19)10-8-15/h3-12H,1-2H3,(H,22,24)/b20-11+. The van der Waals surface area contributed by atoms with E-state index in [1.54, 1.807) is 10.9 Å². The van der Waals surface area contributed by atoms with Crippen LogP contribution in [0.15, 0.2) is 53.6 Å². The molecule has 4 nitrogen and oxygen atoms in total. The molecule has 0 radical (unpaired) electrons. The van der Waals surface area contributed by atoms with Crippen molar-refractivity contribution in [1.82, 2.24) is 14.9 Å². The van der Waals surface area contributed by atoms with Crippen LogP contribution in [0.25, 0.3) is 11.4 Å². The maximum atomic E-state index is 5.94. The van der Waals surface area contributed by atoms with Crippen LogP contribution in [0.2, 0.25) is 5.02 Å². The summed E-state index contributed by atoms with van der Waals surface area (Å²) in [5.41, 5.74) is 3.19. The summed E-state index contributed by atoms with van der Waals surface area (Å²) < 4.78 is 2.05. The van der Waals surface area contributed by atoms with Crippen LogP contribution < -0.4 is 0 Å². The summed E-state index contributed by atoms with van der Waals surface area (Å²) >= 11 is 11.2. The molecule has 0 aliphatic carbocycles. The Bertz CT molecular complexity index is 905. The van der Waals surface area contributed by atoms with E-state index >= 15 is 0 Å². The number of halogens is 1. The van der Waals surface area contributed by atoms with E-state index < -0.39 is 0 Å². The van der Waals surface area contributed by atoms with Gasteiger partial charge in [-0.2, -0.15) is 14.9 Å². The first kappa shape index (κ1) is 16.6. The van der Waals surface area contributed by atoms with Gasteiger partial charge in [-0.1, -0.05) is 49.7 Å². The molecule has 24 heavy (non-hydrogen) atoms. The average Bonchev–Trinajstić information content (AvgIpc) is 2.95. The number of aromatic amines is 1. The van der Waals surface area contributed by atoms with E-state index in [0.29, 0.717) is 21.5 Å².